The summed E-state index contributed by atoms with van der Waals surface area (Å²) in [6.07, 6.45) is 0.0729. The minimum absolute atomic E-state index is 0. The van der Waals surface area contributed by atoms with Crippen LogP contribution in [0.4, 0.5) is 0 Å². The van der Waals surface area contributed by atoms with Gasteiger partial charge in [0.1, 0.15) is 17.3 Å². The molecule has 0 unspecified atom stereocenters. The molecule has 0 saturated heterocycles. The zero-order valence-corrected chi connectivity index (χ0v) is 12.9. The van der Waals surface area contributed by atoms with Gasteiger partial charge < -0.3 is 4.79 Å². The SMILES string of the molecule is CC(=O)CC(=O)C(C)(C)C.CC(C)=O.[Zr]. The molecular formula is C11H20O3Zr. The van der Waals surface area contributed by atoms with E-state index in [1.807, 2.05) is 20.8 Å². The summed E-state index contributed by atoms with van der Waals surface area (Å²) < 4.78 is 0. The first kappa shape index (κ1) is 20.3. The van der Waals surface area contributed by atoms with E-state index in [-0.39, 0.29) is 55.4 Å². The van der Waals surface area contributed by atoms with Crippen LogP contribution in [0.3, 0.4) is 0 Å². The van der Waals surface area contributed by atoms with Gasteiger partial charge in [0.15, 0.2) is 0 Å². The monoisotopic (exact) mass is 290 g/mol. The van der Waals surface area contributed by atoms with Crippen LogP contribution in [-0.2, 0) is 40.6 Å². The first-order valence-corrected chi connectivity index (χ1v) is 4.57. The summed E-state index contributed by atoms with van der Waals surface area (Å²) in [5.74, 6) is 0.125. The van der Waals surface area contributed by atoms with Gasteiger partial charge in [-0.3, -0.25) is 9.59 Å². The molecule has 0 rings (SSSR count). The van der Waals surface area contributed by atoms with Gasteiger partial charge >= 0.3 is 0 Å². The van der Waals surface area contributed by atoms with E-state index in [0.717, 1.165) is 0 Å². The third-order valence-electron chi connectivity index (χ3n) is 1.25. The molecule has 0 aromatic carbocycles. The minimum atomic E-state index is -0.369. The van der Waals surface area contributed by atoms with Crippen molar-refractivity contribution < 1.29 is 40.6 Å². The van der Waals surface area contributed by atoms with Crippen LogP contribution in [0.15, 0.2) is 0 Å². The fourth-order valence-corrected chi connectivity index (χ4v) is 0.491. The Morgan fingerprint density at radius 1 is 0.933 bits per heavy atom. The molecule has 0 aromatic heterocycles. The summed E-state index contributed by atoms with van der Waals surface area (Å²) in [7, 11) is 0. The molecular weight excluding hydrogens is 271 g/mol. The number of ketones is 3. The summed E-state index contributed by atoms with van der Waals surface area (Å²) in [5, 5.41) is 0. The van der Waals surface area contributed by atoms with E-state index in [1.165, 1.54) is 20.8 Å². The number of carbonyl (C=O) groups excluding carboxylic acids is 3. The molecule has 0 N–H and O–H groups in total. The normalized spacial score (nSPS) is 9.20. The van der Waals surface area contributed by atoms with Crippen molar-refractivity contribution in [1.29, 1.82) is 0 Å². The van der Waals surface area contributed by atoms with Crippen molar-refractivity contribution in [1.82, 2.24) is 0 Å². The quantitative estimate of drug-likeness (QED) is 0.733. The van der Waals surface area contributed by atoms with Crippen molar-refractivity contribution in [2.75, 3.05) is 0 Å². The first-order valence-electron chi connectivity index (χ1n) is 4.57. The van der Waals surface area contributed by atoms with Crippen molar-refractivity contribution in [3.8, 4) is 0 Å². The molecule has 0 heterocycles. The second-order valence-corrected chi connectivity index (χ2v) is 4.46. The molecule has 0 saturated carbocycles. The Labute approximate surface area is 111 Å². The molecule has 0 atom stereocenters. The second-order valence-electron chi connectivity index (χ2n) is 4.46. The molecule has 0 bridgehead atoms. The van der Waals surface area contributed by atoms with Gasteiger partial charge in [-0.05, 0) is 20.8 Å². The van der Waals surface area contributed by atoms with Crippen LogP contribution in [0.2, 0.25) is 0 Å². The van der Waals surface area contributed by atoms with E-state index in [9.17, 15) is 14.4 Å². The largest absolute Gasteiger partial charge is 0.300 e. The van der Waals surface area contributed by atoms with E-state index in [4.69, 9.17) is 0 Å². The molecule has 86 valence electrons. The van der Waals surface area contributed by atoms with Crippen molar-refractivity contribution in [2.45, 2.75) is 48.0 Å². The Kier molecular flexibility index (Phi) is 12.4. The standard InChI is InChI=1S/C8H14O2.C3H6O.Zr/c1-6(9)5-7(10)8(2,3)4;1-3(2)4;/h5H2,1-4H3;1-2H3;. The van der Waals surface area contributed by atoms with Crippen molar-refractivity contribution in [2.24, 2.45) is 5.41 Å². The second kappa shape index (κ2) is 9.14. The van der Waals surface area contributed by atoms with E-state index >= 15 is 0 Å². The van der Waals surface area contributed by atoms with Crippen molar-refractivity contribution in [3.05, 3.63) is 0 Å². The Morgan fingerprint density at radius 3 is 1.27 bits per heavy atom. The average molecular weight is 292 g/mol. The maximum atomic E-state index is 11.1. The number of carbonyl (C=O) groups is 3. The fraction of sp³-hybridized carbons (Fsp3) is 0.727. The van der Waals surface area contributed by atoms with Gasteiger partial charge in [0.25, 0.3) is 0 Å². The molecule has 3 nitrogen and oxygen atoms in total. The molecule has 0 radical (unpaired) electrons. The Balaban J connectivity index is -0.000000249. The molecule has 0 fully saturated rings. The van der Waals surface area contributed by atoms with Gasteiger partial charge in [0.05, 0.1) is 6.42 Å². The Bertz CT molecular complexity index is 222. The van der Waals surface area contributed by atoms with Gasteiger partial charge in [-0.25, -0.2) is 0 Å². The molecule has 0 aliphatic carbocycles. The third-order valence-corrected chi connectivity index (χ3v) is 1.25. The van der Waals surface area contributed by atoms with Crippen LogP contribution in [-0.4, -0.2) is 17.3 Å². The molecule has 0 aliphatic heterocycles. The van der Waals surface area contributed by atoms with Gasteiger partial charge in [0.2, 0.25) is 0 Å². The fourth-order valence-electron chi connectivity index (χ4n) is 0.491. The molecule has 0 amide bonds. The summed E-state index contributed by atoms with van der Waals surface area (Å²) in [5.41, 5.74) is -0.369. The summed E-state index contributed by atoms with van der Waals surface area (Å²) in [6.45, 7) is 9.94. The molecule has 0 spiro atoms. The number of hydrogen-bond donors (Lipinski definition) is 0. The molecule has 15 heavy (non-hydrogen) atoms. The van der Waals surface area contributed by atoms with E-state index in [0.29, 0.717) is 0 Å². The number of Topliss-reactive ketones (excluding diaryl/α,β-unsaturated/α-hetero) is 3. The van der Waals surface area contributed by atoms with Crippen LogP contribution < -0.4 is 0 Å². The minimum Gasteiger partial charge on any atom is -0.300 e. The topological polar surface area (TPSA) is 51.2 Å². The Hall–Kier alpha value is -0.107. The number of rotatable bonds is 2. The maximum absolute atomic E-state index is 11.1. The van der Waals surface area contributed by atoms with E-state index in [2.05, 4.69) is 0 Å². The number of hydrogen-bond acceptors (Lipinski definition) is 3. The van der Waals surface area contributed by atoms with E-state index in [1.54, 1.807) is 0 Å². The molecule has 0 aliphatic rings. The average Bonchev–Trinajstić information content (AvgIpc) is 1.81. The first-order chi connectivity index (χ1) is 6.07. The van der Waals surface area contributed by atoms with Gasteiger partial charge in [0, 0.05) is 31.6 Å². The summed E-state index contributed by atoms with van der Waals surface area (Å²) in [6, 6.07) is 0. The van der Waals surface area contributed by atoms with Crippen LogP contribution >= 0.6 is 0 Å². The van der Waals surface area contributed by atoms with Crippen molar-refractivity contribution in [3.63, 3.8) is 0 Å². The van der Waals surface area contributed by atoms with Crippen molar-refractivity contribution >= 4 is 17.3 Å². The van der Waals surface area contributed by atoms with Gasteiger partial charge in [-0.15, -0.1) is 0 Å². The van der Waals surface area contributed by atoms with Crippen LogP contribution in [0.25, 0.3) is 0 Å². The van der Waals surface area contributed by atoms with Crippen LogP contribution in [0.1, 0.15) is 48.0 Å². The summed E-state index contributed by atoms with van der Waals surface area (Å²) >= 11 is 0. The molecule has 0 aromatic rings. The van der Waals surface area contributed by atoms with E-state index < -0.39 is 0 Å². The predicted octanol–water partition coefficient (Wildman–Crippen LogP) is 2.17. The third kappa shape index (κ3) is 20.1. The zero-order valence-electron chi connectivity index (χ0n) is 10.4. The smallest absolute Gasteiger partial charge is 0.145 e. The molecule has 4 heteroatoms. The van der Waals surface area contributed by atoms with Gasteiger partial charge in [-0.2, -0.15) is 0 Å². The zero-order chi connectivity index (χ0) is 11.9. The predicted molar refractivity (Wildman–Crippen MR) is 56.1 cm³/mol. The van der Waals surface area contributed by atoms with Gasteiger partial charge in [-0.1, -0.05) is 20.8 Å². The maximum Gasteiger partial charge on any atom is 0.145 e. The summed E-state index contributed by atoms with van der Waals surface area (Å²) in [4.78, 5) is 31.0. The van der Waals surface area contributed by atoms with Crippen LogP contribution in [0, 0.1) is 5.41 Å². The Morgan fingerprint density at radius 2 is 1.20 bits per heavy atom. The van der Waals surface area contributed by atoms with Crippen LogP contribution in [0.5, 0.6) is 0 Å².